The maximum atomic E-state index is 6.50. The average Bonchev–Trinajstić information content (AvgIpc) is 3.52. The summed E-state index contributed by atoms with van der Waals surface area (Å²) in [5, 5.41) is 0. The van der Waals surface area contributed by atoms with Crippen LogP contribution in [0.1, 0.15) is 12.8 Å². The molecule has 2 heterocycles. The number of hydrogen-bond acceptors (Lipinski definition) is 7. The molecular formula is C30H37N7O2. The summed E-state index contributed by atoms with van der Waals surface area (Å²) in [5.41, 5.74) is 12.5. The van der Waals surface area contributed by atoms with Crippen LogP contribution in [-0.2, 0) is 0 Å². The second-order valence-corrected chi connectivity index (χ2v) is 10.3. The molecule has 0 fully saturated rings. The van der Waals surface area contributed by atoms with Crippen molar-refractivity contribution in [3.8, 4) is 34.3 Å². The van der Waals surface area contributed by atoms with Gasteiger partial charge in [0.1, 0.15) is 23.1 Å². The van der Waals surface area contributed by atoms with Gasteiger partial charge in [-0.05, 0) is 77.4 Å². The first-order valence-corrected chi connectivity index (χ1v) is 13.3. The first-order chi connectivity index (χ1) is 18.9. The van der Waals surface area contributed by atoms with Crippen LogP contribution < -0.4 is 15.2 Å². The van der Waals surface area contributed by atoms with E-state index >= 15 is 0 Å². The minimum Gasteiger partial charge on any atom is -0.493 e. The third kappa shape index (κ3) is 6.50. The molecule has 0 saturated carbocycles. The number of imidazole rings is 2. The number of nitrogens with two attached hydrogens (primary N) is 1. The number of aromatic nitrogens is 4. The van der Waals surface area contributed by atoms with E-state index in [4.69, 9.17) is 25.2 Å². The van der Waals surface area contributed by atoms with Crippen molar-refractivity contribution in [2.24, 2.45) is 0 Å². The van der Waals surface area contributed by atoms with Crippen LogP contribution >= 0.6 is 0 Å². The molecule has 2 aromatic heterocycles. The Hall–Kier alpha value is -4.08. The van der Waals surface area contributed by atoms with Gasteiger partial charge in [-0.15, -0.1) is 0 Å². The third-order valence-electron chi connectivity index (χ3n) is 6.52. The highest BCUT2D eigenvalue weighted by Crippen LogP contribution is 2.31. The lowest BCUT2D eigenvalue weighted by Gasteiger charge is -2.10. The second kappa shape index (κ2) is 11.8. The number of anilines is 1. The van der Waals surface area contributed by atoms with E-state index in [0.29, 0.717) is 18.9 Å². The Balaban J connectivity index is 1.30. The summed E-state index contributed by atoms with van der Waals surface area (Å²) in [6.07, 6.45) is 1.95. The van der Waals surface area contributed by atoms with E-state index in [1.54, 1.807) is 0 Å². The molecule has 0 radical (unpaired) electrons. The summed E-state index contributed by atoms with van der Waals surface area (Å²) in [5.74, 6) is 3.14. The highest BCUT2D eigenvalue weighted by molar-refractivity contribution is 5.86. The fourth-order valence-electron chi connectivity index (χ4n) is 4.49. The number of benzene rings is 3. The maximum Gasteiger partial charge on any atom is 0.140 e. The highest BCUT2D eigenvalue weighted by atomic mass is 16.5. The zero-order valence-electron chi connectivity index (χ0n) is 23.1. The molecule has 0 amide bonds. The highest BCUT2D eigenvalue weighted by Gasteiger charge is 2.13. The lowest BCUT2D eigenvalue weighted by Crippen LogP contribution is -2.15. The topological polar surface area (TPSA) is 108 Å². The van der Waals surface area contributed by atoms with Gasteiger partial charge in [0.2, 0.25) is 0 Å². The molecule has 5 aromatic rings. The number of hydrogen-bond donors (Lipinski definition) is 3. The Morgan fingerprint density at radius 3 is 1.77 bits per heavy atom. The van der Waals surface area contributed by atoms with E-state index < -0.39 is 0 Å². The molecule has 9 heteroatoms. The van der Waals surface area contributed by atoms with Gasteiger partial charge in [-0.25, -0.2) is 9.97 Å². The Bertz CT molecular complexity index is 1550. The van der Waals surface area contributed by atoms with Crippen molar-refractivity contribution < 1.29 is 9.47 Å². The Kier molecular flexibility index (Phi) is 7.99. The quantitative estimate of drug-likeness (QED) is 0.154. The van der Waals surface area contributed by atoms with Crippen LogP contribution in [-0.4, -0.2) is 84.2 Å². The molecule has 0 unspecified atom stereocenters. The van der Waals surface area contributed by atoms with Crippen molar-refractivity contribution in [1.82, 2.24) is 29.7 Å². The van der Waals surface area contributed by atoms with E-state index in [0.717, 1.165) is 82.3 Å². The lowest BCUT2D eigenvalue weighted by atomic mass is 10.1. The number of rotatable bonds is 12. The number of aromatic amines is 2. The van der Waals surface area contributed by atoms with Gasteiger partial charge >= 0.3 is 0 Å². The largest absolute Gasteiger partial charge is 0.493 e. The van der Waals surface area contributed by atoms with Gasteiger partial charge < -0.3 is 35.0 Å². The summed E-state index contributed by atoms with van der Waals surface area (Å²) < 4.78 is 11.8. The third-order valence-corrected chi connectivity index (χ3v) is 6.52. The van der Waals surface area contributed by atoms with E-state index in [1.165, 1.54) is 0 Å². The number of nitrogen functional groups attached to an aromatic ring is 1. The molecule has 0 aliphatic carbocycles. The molecule has 204 valence electrons. The number of nitrogens with one attached hydrogen (secondary N) is 2. The zero-order chi connectivity index (χ0) is 27.4. The van der Waals surface area contributed by atoms with Crippen LogP contribution in [0.15, 0.2) is 54.6 Å². The normalized spacial score (nSPS) is 11.7. The second-order valence-electron chi connectivity index (χ2n) is 10.3. The number of ether oxygens (including phenoxy) is 2. The maximum absolute atomic E-state index is 6.50. The minimum atomic E-state index is 0.622. The molecule has 9 nitrogen and oxygen atoms in total. The van der Waals surface area contributed by atoms with Gasteiger partial charge in [-0.3, -0.25) is 0 Å². The molecule has 0 aliphatic rings. The summed E-state index contributed by atoms with van der Waals surface area (Å²) in [4.78, 5) is 20.6. The summed E-state index contributed by atoms with van der Waals surface area (Å²) in [6, 6.07) is 17.8. The molecule has 0 spiro atoms. The van der Waals surface area contributed by atoms with Gasteiger partial charge in [0.25, 0.3) is 0 Å². The zero-order valence-corrected chi connectivity index (χ0v) is 23.1. The van der Waals surface area contributed by atoms with E-state index in [2.05, 4.69) is 48.0 Å². The molecule has 0 saturated heterocycles. The van der Waals surface area contributed by atoms with Crippen molar-refractivity contribution in [3.63, 3.8) is 0 Å². The smallest absolute Gasteiger partial charge is 0.140 e. The van der Waals surface area contributed by atoms with Crippen molar-refractivity contribution in [3.05, 3.63) is 54.6 Å². The first kappa shape index (κ1) is 26.5. The predicted octanol–water partition coefficient (Wildman–Crippen LogP) is 5.02. The van der Waals surface area contributed by atoms with Crippen molar-refractivity contribution in [2.75, 3.05) is 60.2 Å². The van der Waals surface area contributed by atoms with Gasteiger partial charge in [0.15, 0.2) is 0 Å². The first-order valence-electron chi connectivity index (χ1n) is 13.3. The number of nitrogens with zero attached hydrogens (tertiary/aromatic N) is 4. The Labute approximate surface area is 229 Å². The van der Waals surface area contributed by atoms with Crippen LogP contribution in [0.3, 0.4) is 0 Å². The molecule has 3 aromatic carbocycles. The fourth-order valence-corrected chi connectivity index (χ4v) is 4.49. The SMILES string of the molecule is CN(C)CCCOc1ccc2nc(-c3ccc(-c4nc5ccc(OCCCN(C)C)cc5[nH]4)c(N)c3)[nH]c2c1. The van der Waals surface area contributed by atoms with Crippen LogP contribution in [0.25, 0.3) is 44.8 Å². The van der Waals surface area contributed by atoms with Gasteiger partial charge in [0, 0.05) is 42.0 Å². The predicted molar refractivity (Wildman–Crippen MR) is 158 cm³/mol. The van der Waals surface area contributed by atoms with Crippen molar-refractivity contribution >= 4 is 27.8 Å². The molecule has 0 atom stereocenters. The summed E-state index contributed by atoms with van der Waals surface area (Å²) in [6.45, 7) is 3.34. The molecular weight excluding hydrogens is 490 g/mol. The van der Waals surface area contributed by atoms with Crippen molar-refractivity contribution in [2.45, 2.75) is 12.8 Å². The Morgan fingerprint density at radius 2 is 1.23 bits per heavy atom. The standard InChI is InChI=1S/C30H37N7O2/c1-36(2)13-5-15-38-21-8-11-25-27(18-21)34-29(32-25)20-7-10-23(24(31)17-20)30-33-26-12-9-22(19-28(26)35-30)39-16-6-14-37(3)4/h7-12,17-19H,5-6,13-16,31H2,1-4H3,(H,32,34)(H,33,35). The van der Waals surface area contributed by atoms with Gasteiger partial charge in [-0.2, -0.15) is 0 Å². The number of H-pyrrole nitrogens is 2. The molecule has 39 heavy (non-hydrogen) atoms. The molecule has 0 bridgehead atoms. The molecule has 4 N–H and O–H groups in total. The van der Waals surface area contributed by atoms with E-state index in [-0.39, 0.29) is 0 Å². The Morgan fingerprint density at radius 1 is 0.692 bits per heavy atom. The van der Waals surface area contributed by atoms with Crippen molar-refractivity contribution in [1.29, 1.82) is 0 Å². The number of fused-ring (bicyclic) bond motifs is 2. The van der Waals surface area contributed by atoms with E-state index in [1.807, 2.05) is 54.6 Å². The summed E-state index contributed by atoms with van der Waals surface area (Å²) >= 11 is 0. The minimum absolute atomic E-state index is 0.622. The van der Waals surface area contributed by atoms with Gasteiger partial charge in [-0.1, -0.05) is 6.07 Å². The van der Waals surface area contributed by atoms with Crippen LogP contribution in [0.4, 0.5) is 5.69 Å². The van der Waals surface area contributed by atoms with Crippen LogP contribution in [0.5, 0.6) is 11.5 Å². The fraction of sp³-hybridized carbons (Fsp3) is 0.333. The van der Waals surface area contributed by atoms with Gasteiger partial charge in [0.05, 0.1) is 35.3 Å². The summed E-state index contributed by atoms with van der Waals surface area (Å²) in [7, 11) is 8.25. The molecule has 0 aliphatic heterocycles. The lowest BCUT2D eigenvalue weighted by molar-refractivity contribution is 0.282. The van der Waals surface area contributed by atoms with Crippen LogP contribution in [0, 0.1) is 0 Å². The van der Waals surface area contributed by atoms with E-state index in [9.17, 15) is 0 Å². The average molecular weight is 528 g/mol. The molecule has 5 rings (SSSR count). The monoisotopic (exact) mass is 527 g/mol. The van der Waals surface area contributed by atoms with Crippen LogP contribution in [0.2, 0.25) is 0 Å².